The molecule has 3 heterocycles. The summed E-state index contributed by atoms with van der Waals surface area (Å²) in [6, 6.07) is 18.1. The molecule has 3 aromatic rings. The topological polar surface area (TPSA) is 43.9 Å². The van der Waals surface area contributed by atoms with Crippen LogP contribution >= 0.6 is 11.3 Å². The standard InChI is InChI=1S/C27H28FN3O2S/c1-19(31-12-10-24-23(11-17-34-24)25(31)20-6-3-2-4-7-20)26(32)29-13-15-30(16-14-29)27(33)21-8-5-9-22(28)18-21/h2-9,11,17-19,25H,10,12-16H2,1H3. The van der Waals surface area contributed by atoms with Gasteiger partial charge < -0.3 is 9.80 Å². The molecule has 2 aliphatic heterocycles. The van der Waals surface area contributed by atoms with Crippen LogP contribution in [-0.4, -0.2) is 65.3 Å². The van der Waals surface area contributed by atoms with Gasteiger partial charge in [0.2, 0.25) is 5.91 Å². The third-order valence-corrected chi connectivity index (χ3v) is 7.92. The number of rotatable bonds is 4. The number of carbonyl (C=O) groups is 2. The van der Waals surface area contributed by atoms with Crippen molar-refractivity contribution < 1.29 is 14.0 Å². The number of thiophene rings is 1. The minimum Gasteiger partial charge on any atom is -0.338 e. The van der Waals surface area contributed by atoms with E-state index in [0.717, 1.165) is 13.0 Å². The number of halogens is 1. The summed E-state index contributed by atoms with van der Waals surface area (Å²) in [6.07, 6.45) is 0.948. The summed E-state index contributed by atoms with van der Waals surface area (Å²) < 4.78 is 13.5. The van der Waals surface area contributed by atoms with E-state index in [9.17, 15) is 14.0 Å². The number of benzene rings is 2. The third kappa shape index (κ3) is 4.38. The first-order chi connectivity index (χ1) is 16.5. The van der Waals surface area contributed by atoms with E-state index in [1.54, 1.807) is 28.4 Å². The zero-order chi connectivity index (χ0) is 23.7. The largest absolute Gasteiger partial charge is 0.338 e. The smallest absolute Gasteiger partial charge is 0.254 e. The molecule has 34 heavy (non-hydrogen) atoms. The van der Waals surface area contributed by atoms with E-state index in [4.69, 9.17) is 0 Å². The van der Waals surface area contributed by atoms with Crippen molar-refractivity contribution in [2.24, 2.45) is 0 Å². The van der Waals surface area contributed by atoms with Gasteiger partial charge in [0.05, 0.1) is 12.1 Å². The average Bonchev–Trinajstić information content (AvgIpc) is 3.36. The molecular formula is C27H28FN3O2S. The van der Waals surface area contributed by atoms with Crippen LogP contribution in [-0.2, 0) is 11.2 Å². The highest BCUT2D eigenvalue weighted by atomic mass is 32.1. The predicted octanol–water partition coefficient (Wildman–Crippen LogP) is 4.21. The van der Waals surface area contributed by atoms with E-state index >= 15 is 0 Å². The van der Waals surface area contributed by atoms with Crippen molar-refractivity contribution in [2.75, 3.05) is 32.7 Å². The van der Waals surface area contributed by atoms with E-state index in [2.05, 4.69) is 40.6 Å². The summed E-state index contributed by atoms with van der Waals surface area (Å²) in [5, 5.41) is 2.14. The molecule has 0 aliphatic carbocycles. The molecule has 0 spiro atoms. The van der Waals surface area contributed by atoms with Crippen molar-refractivity contribution in [1.82, 2.24) is 14.7 Å². The SMILES string of the molecule is CC(C(=O)N1CCN(C(=O)c2cccc(F)c2)CC1)N1CCc2sccc2C1c1ccccc1. The van der Waals surface area contributed by atoms with Crippen LogP contribution in [0.2, 0.25) is 0 Å². The number of hydrogen-bond acceptors (Lipinski definition) is 4. The number of hydrogen-bond donors (Lipinski definition) is 0. The number of piperazine rings is 1. The highest BCUT2D eigenvalue weighted by Crippen LogP contribution is 2.39. The Bertz CT molecular complexity index is 1170. The van der Waals surface area contributed by atoms with Crippen LogP contribution in [0.1, 0.15) is 39.3 Å². The summed E-state index contributed by atoms with van der Waals surface area (Å²) in [5.41, 5.74) is 2.85. The average molecular weight is 478 g/mol. The van der Waals surface area contributed by atoms with Crippen LogP contribution in [0, 0.1) is 5.82 Å². The number of carbonyl (C=O) groups excluding carboxylic acids is 2. The van der Waals surface area contributed by atoms with E-state index < -0.39 is 5.82 Å². The Morgan fingerprint density at radius 2 is 1.68 bits per heavy atom. The minimum atomic E-state index is -0.420. The molecule has 2 aromatic carbocycles. The second-order valence-electron chi connectivity index (χ2n) is 8.90. The lowest BCUT2D eigenvalue weighted by atomic mass is 9.92. The molecule has 5 nitrogen and oxygen atoms in total. The monoisotopic (exact) mass is 477 g/mol. The van der Waals surface area contributed by atoms with Crippen molar-refractivity contribution >= 4 is 23.2 Å². The van der Waals surface area contributed by atoms with Crippen molar-refractivity contribution in [3.63, 3.8) is 0 Å². The van der Waals surface area contributed by atoms with Crippen LogP contribution in [0.3, 0.4) is 0 Å². The Morgan fingerprint density at radius 1 is 0.941 bits per heavy atom. The summed E-state index contributed by atoms with van der Waals surface area (Å²) in [4.78, 5) is 33.6. The summed E-state index contributed by atoms with van der Waals surface area (Å²) in [6.45, 7) is 4.70. The van der Waals surface area contributed by atoms with Gasteiger partial charge in [0.15, 0.2) is 0 Å². The highest BCUT2D eigenvalue weighted by molar-refractivity contribution is 7.10. The molecule has 2 unspecified atom stereocenters. The fourth-order valence-corrected chi connectivity index (χ4v) is 6.00. The van der Waals surface area contributed by atoms with Gasteiger partial charge in [-0.15, -0.1) is 11.3 Å². The Labute approximate surface area is 203 Å². The van der Waals surface area contributed by atoms with Crippen LogP contribution in [0.4, 0.5) is 4.39 Å². The van der Waals surface area contributed by atoms with Crippen molar-refractivity contribution in [3.8, 4) is 0 Å². The molecule has 5 rings (SSSR count). The fraction of sp³-hybridized carbons (Fsp3) is 0.333. The molecule has 0 bridgehead atoms. The van der Waals surface area contributed by atoms with Gasteiger partial charge in [-0.1, -0.05) is 36.4 Å². The van der Waals surface area contributed by atoms with Crippen LogP contribution in [0.5, 0.6) is 0 Å². The summed E-state index contributed by atoms with van der Waals surface area (Å²) >= 11 is 1.79. The lowest BCUT2D eigenvalue weighted by molar-refractivity contribution is -0.138. The molecule has 176 valence electrons. The predicted molar refractivity (Wildman–Crippen MR) is 131 cm³/mol. The van der Waals surface area contributed by atoms with Gasteiger partial charge in [-0.25, -0.2) is 4.39 Å². The van der Waals surface area contributed by atoms with Gasteiger partial charge in [-0.05, 0) is 54.1 Å². The highest BCUT2D eigenvalue weighted by Gasteiger charge is 2.37. The summed E-state index contributed by atoms with van der Waals surface area (Å²) in [5.74, 6) is -0.515. The Morgan fingerprint density at radius 3 is 2.41 bits per heavy atom. The molecule has 0 saturated carbocycles. The lowest BCUT2D eigenvalue weighted by Crippen LogP contribution is -2.56. The van der Waals surface area contributed by atoms with Gasteiger partial charge in [-0.2, -0.15) is 0 Å². The molecule has 1 saturated heterocycles. The maximum Gasteiger partial charge on any atom is 0.254 e. The Kier molecular flexibility index (Phi) is 6.48. The Balaban J connectivity index is 1.28. The van der Waals surface area contributed by atoms with E-state index in [1.165, 1.54) is 28.1 Å². The molecule has 2 aliphatic rings. The van der Waals surface area contributed by atoms with E-state index in [-0.39, 0.29) is 23.9 Å². The summed E-state index contributed by atoms with van der Waals surface area (Å²) in [7, 11) is 0. The molecule has 1 fully saturated rings. The van der Waals surface area contributed by atoms with Crippen LogP contribution < -0.4 is 0 Å². The zero-order valence-corrected chi connectivity index (χ0v) is 20.0. The van der Waals surface area contributed by atoms with Gasteiger partial charge in [0.1, 0.15) is 5.82 Å². The van der Waals surface area contributed by atoms with E-state index in [0.29, 0.717) is 31.7 Å². The maximum absolute atomic E-state index is 13.5. The van der Waals surface area contributed by atoms with E-state index in [1.807, 2.05) is 17.9 Å². The number of amides is 2. The van der Waals surface area contributed by atoms with Crippen LogP contribution in [0.25, 0.3) is 0 Å². The van der Waals surface area contributed by atoms with Gasteiger partial charge in [-0.3, -0.25) is 14.5 Å². The minimum absolute atomic E-state index is 0.0611. The van der Waals surface area contributed by atoms with Crippen LogP contribution in [0.15, 0.2) is 66.0 Å². The molecule has 0 radical (unpaired) electrons. The second kappa shape index (κ2) is 9.68. The first-order valence-electron chi connectivity index (χ1n) is 11.7. The number of fused-ring (bicyclic) bond motifs is 1. The Hall–Kier alpha value is -3.03. The molecule has 2 amide bonds. The first-order valence-corrected chi connectivity index (χ1v) is 12.6. The quantitative estimate of drug-likeness (QED) is 0.566. The lowest BCUT2D eigenvalue weighted by Gasteiger charge is -2.42. The third-order valence-electron chi connectivity index (χ3n) is 6.92. The molecule has 2 atom stereocenters. The second-order valence-corrected chi connectivity index (χ2v) is 9.90. The fourth-order valence-electron chi connectivity index (χ4n) is 5.10. The molecule has 7 heteroatoms. The van der Waals surface area contributed by atoms with Gasteiger partial charge in [0, 0.05) is 43.2 Å². The normalized spacial score (nSPS) is 19.5. The maximum atomic E-state index is 13.5. The molecule has 1 aromatic heterocycles. The van der Waals surface area contributed by atoms with Crippen molar-refractivity contribution in [1.29, 1.82) is 0 Å². The van der Waals surface area contributed by atoms with Gasteiger partial charge >= 0.3 is 0 Å². The van der Waals surface area contributed by atoms with Crippen molar-refractivity contribution in [3.05, 3.63) is 93.4 Å². The van der Waals surface area contributed by atoms with Gasteiger partial charge in [0.25, 0.3) is 5.91 Å². The molecule has 0 N–H and O–H groups in total. The molecular weight excluding hydrogens is 449 g/mol. The zero-order valence-electron chi connectivity index (χ0n) is 19.2. The number of nitrogens with zero attached hydrogens (tertiary/aromatic N) is 3. The van der Waals surface area contributed by atoms with Crippen molar-refractivity contribution in [2.45, 2.75) is 25.4 Å². The first kappa shape index (κ1) is 22.7.